The van der Waals surface area contributed by atoms with Crippen LogP contribution in [0.4, 0.5) is 0 Å². The first kappa shape index (κ1) is 51.1. The number of likely N-dealkylation sites (tertiary alicyclic amines) is 2. The zero-order valence-electron chi connectivity index (χ0n) is 44.6. The van der Waals surface area contributed by atoms with E-state index in [-0.39, 0.29) is 66.3 Å². The quantitative estimate of drug-likeness (QED) is 0.112. The van der Waals surface area contributed by atoms with E-state index in [9.17, 15) is 0 Å². The third-order valence-electron chi connectivity index (χ3n) is 18.6. The molecule has 5 heterocycles. The van der Waals surface area contributed by atoms with Crippen LogP contribution < -0.4 is 15.4 Å². The van der Waals surface area contributed by atoms with E-state index in [0.29, 0.717) is 18.9 Å². The molecule has 4 saturated heterocycles. The molecule has 1 saturated carbocycles. The summed E-state index contributed by atoms with van der Waals surface area (Å²) in [6, 6.07) is 34.5. The highest BCUT2D eigenvalue weighted by atomic mass is 35.5. The Balaban J connectivity index is 1.10. The van der Waals surface area contributed by atoms with Gasteiger partial charge in [0.2, 0.25) is 0 Å². The van der Waals surface area contributed by atoms with Gasteiger partial charge in [0.05, 0.1) is 35.9 Å². The average molecular weight is 996 g/mol. The fourth-order valence-corrected chi connectivity index (χ4v) is 15.2. The summed E-state index contributed by atoms with van der Waals surface area (Å²) in [6.45, 7) is 13.6. The summed E-state index contributed by atoms with van der Waals surface area (Å²) in [5, 5.41) is 9.37. The van der Waals surface area contributed by atoms with E-state index in [1.165, 1.54) is 11.1 Å². The van der Waals surface area contributed by atoms with Gasteiger partial charge in [-0.2, -0.15) is 0 Å². The van der Waals surface area contributed by atoms with Crippen LogP contribution in [0.15, 0.2) is 103 Å². The number of nitrogens with one attached hydrogen (secondary N) is 2. The molecule has 72 heavy (non-hydrogen) atoms. The van der Waals surface area contributed by atoms with Crippen molar-refractivity contribution in [3.8, 4) is 22.8 Å². The lowest BCUT2D eigenvalue weighted by Gasteiger charge is -2.57. The van der Waals surface area contributed by atoms with Gasteiger partial charge in [0.1, 0.15) is 17.3 Å². The van der Waals surface area contributed by atoms with Gasteiger partial charge in [-0.05, 0) is 153 Å². The highest BCUT2D eigenvalue weighted by Gasteiger charge is 2.77. The number of ketones is 1. The molecule has 5 fully saturated rings. The van der Waals surface area contributed by atoms with Crippen LogP contribution in [0, 0.1) is 23.7 Å². The summed E-state index contributed by atoms with van der Waals surface area (Å²) in [7, 11) is 12.7. The van der Waals surface area contributed by atoms with Crippen molar-refractivity contribution < 1.29 is 14.3 Å². The monoisotopic (exact) mass is 995 g/mol. The maximum absolute atomic E-state index is 17.6. The summed E-state index contributed by atoms with van der Waals surface area (Å²) < 4.78 is 15.4. The lowest BCUT2D eigenvalue weighted by molar-refractivity contribution is -0.154. The second-order valence-corrected chi connectivity index (χ2v) is 23.2. The molecule has 5 aromatic rings. The lowest BCUT2D eigenvalue weighted by atomic mass is 9.54. The van der Waals surface area contributed by atoms with Crippen molar-refractivity contribution >= 4 is 17.4 Å². The van der Waals surface area contributed by atoms with Crippen molar-refractivity contribution in [2.75, 3.05) is 41.9 Å². The highest BCUT2D eigenvalue weighted by molar-refractivity contribution is 6.30. The Labute approximate surface area is 434 Å². The SMILES string of the molecule is CCC12C(=O)C34C5C[C@H](Cc6ccc(Cl)cc6)N(C)C3[C@@H](COC)NC4[C@H](C)N(Cc3ccc(C)cc3Oc3ccc(-c4cnc(CN(C)C)n4C)cc3)C1C[C@@H](Cc1ccccc1)C2N(C)[C@@H](C)[C@H](C)N5. The minimum atomic E-state index is -0.772. The molecule has 1 aliphatic carbocycles. The van der Waals surface area contributed by atoms with Gasteiger partial charge in [0, 0.05) is 97.3 Å². The van der Waals surface area contributed by atoms with Crippen molar-refractivity contribution in [3.05, 3.63) is 136 Å². The molecule has 2 N–H and O–H groups in total. The Bertz CT molecular complexity index is 2700. The Kier molecular flexibility index (Phi) is 14.4. The van der Waals surface area contributed by atoms with Gasteiger partial charge < -0.3 is 29.6 Å². The topological polar surface area (TPSA) is 90.4 Å². The number of methoxy groups -OCH3 is 1. The van der Waals surface area contributed by atoms with Crippen LogP contribution in [0.25, 0.3) is 11.3 Å². The van der Waals surface area contributed by atoms with Crippen molar-refractivity contribution in [1.29, 1.82) is 0 Å². The molecule has 12 heteroatoms. The van der Waals surface area contributed by atoms with Crippen LogP contribution in [0.1, 0.15) is 75.0 Å². The van der Waals surface area contributed by atoms with Gasteiger partial charge in [-0.3, -0.25) is 19.5 Å². The van der Waals surface area contributed by atoms with Gasteiger partial charge in [-0.25, -0.2) is 4.98 Å². The van der Waals surface area contributed by atoms with Crippen LogP contribution >= 0.6 is 11.6 Å². The molecular formula is C60H79ClN8O3. The number of ether oxygens (including phenoxy) is 2. The molecule has 13 atom stereocenters. The number of benzene rings is 4. The second-order valence-electron chi connectivity index (χ2n) is 22.8. The largest absolute Gasteiger partial charge is 0.457 e. The van der Waals surface area contributed by atoms with Gasteiger partial charge in [0.25, 0.3) is 0 Å². The standard InChI is InChI=1S/C60H79ClN8O3/c1-12-59-53-31-45(29-41-16-14-13-15-17-41)56(59)66(8)39(4)38(3)63-52-32-47(30-42-19-24-46(61)25-20-42)67(9)57-49(36-71-11)64-55(60(52,57)58(59)70)40(5)69(53)34-44-21-18-37(2)28-51(44)72-48-26-22-43(23-27-48)50-33-62-54(68(50)10)35-65(6)7/h13-28,33,38-40,45,47,49,52-53,55-57,63-64H,12,29-32,34-36H2,1-11H3/t38-,39-,40-,45+,47-,49+,52?,53?,55?,56?,57?,59?,60?/m0/s1. The van der Waals surface area contributed by atoms with E-state index >= 15 is 4.79 Å². The van der Waals surface area contributed by atoms with Crippen LogP contribution in [0.5, 0.6) is 11.5 Å². The van der Waals surface area contributed by atoms with Crippen LogP contribution in [-0.4, -0.2) is 137 Å². The molecule has 5 aliphatic rings. The predicted octanol–water partition coefficient (Wildman–Crippen LogP) is 9.04. The van der Waals surface area contributed by atoms with E-state index in [1.54, 1.807) is 0 Å². The van der Waals surface area contributed by atoms with Gasteiger partial charge >= 0.3 is 0 Å². The molecule has 384 valence electrons. The second kappa shape index (κ2) is 20.4. The van der Waals surface area contributed by atoms with Crippen molar-refractivity contribution in [1.82, 2.24) is 39.8 Å². The first-order valence-corrected chi connectivity index (χ1v) is 27.0. The van der Waals surface area contributed by atoms with Gasteiger partial charge in [-0.15, -0.1) is 0 Å². The zero-order valence-corrected chi connectivity index (χ0v) is 45.4. The number of aromatic nitrogens is 2. The third kappa shape index (κ3) is 8.67. The number of halogens is 1. The number of carbonyl (C=O) groups excluding carboxylic acids is 1. The number of likely N-dealkylation sites (N-methyl/N-ethyl adjacent to an activating group) is 2. The number of hydrogen-bond donors (Lipinski definition) is 2. The Hall–Kier alpha value is -4.43. The van der Waals surface area contributed by atoms with E-state index in [1.807, 2.05) is 25.4 Å². The number of piperidine rings is 1. The third-order valence-corrected chi connectivity index (χ3v) is 18.9. The number of imidazole rings is 1. The summed E-state index contributed by atoms with van der Waals surface area (Å²) in [5.74, 6) is 3.35. The number of Topliss-reactive ketones (excluding diaryl/α,β-unsaturated/α-hetero) is 1. The van der Waals surface area contributed by atoms with E-state index in [4.69, 9.17) is 26.1 Å². The van der Waals surface area contributed by atoms with Gasteiger partial charge in [0.15, 0.2) is 5.78 Å². The normalized spacial score (nSPS) is 32.8. The van der Waals surface area contributed by atoms with E-state index in [0.717, 1.165) is 83.4 Å². The minimum Gasteiger partial charge on any atom is -0.457 e. The number of nitrogens with zero attached hydrogens (tertiary/aromatic N) is 6. The molecule has 7 unspecified atom stereocenters. The maximum atomic E-state index is 17.6. The summed E-state index contributed by atoms with van der Waals surface area (Å²) in [5.41, 5.74) is 5.55. The molecule has 2 bridgehead atoms. The molecule has 1 aromatic heterocycles. The molecular weight excluding hydrogens is 916 g/mol. The zero-order chi connectivity index (χ0) is 50.8. The number of hydrogen-bond acceptors (Lipinski definition) is 10. The fraction of sp³-hybridized carbons (Fsp3) is 0.533. The average Bonchev–Trinajstić information content (AvgIpc) is 4.01. The van der Waals surface area contributed by atoms with Crippen molar-refractivity contribution in [3.63, 3.8) is 0 Å². The number of carbonyl (C=O) groups is 1. The van der Waals surface area contributed by atoms with Gasteiger partial charge in [-0.1, -0.05) is 73.1 Å². The molecule has 4 aromatic carbocycles. The first-order chi connectivity index (χ1) is 34.6. The maximum Gasteiger partial charge on any atom is 0.153 e. The summed E-state index contributed by atoms with van der Waals surface area (Å²) in [4.78, 5) is 32.5. The smallest absolute Gasteiger partial charge is 0.153 e. The first-order valence-electron chi connectivity index (χ1n) is 26.7. The van der Waals surface area contributed by atoms with Crippen LogP contribution in [0.3, 0.4) is 0 Å². The molecule has 10 rings (SSSR count). The molecule has 11 nitrogen and oxygen atoms in total. The molecule has 1 spiro atoms. The molecule has 0 radical (unpaired) electrons. The highest BCUT2D eigenvalue weighted by Crippen LogP contribution is 2.63. The predicted molar refractivity (Wildman–Crippen MR) is 290 cm³/mol. The van der Waals surface area contributed by atoms with Crippen LogP contribution in [0.2, 0.25) is 5.02 Å². The van der Waals surface area contributed by atoms with E-state index in [2.05, 4.69) is 190 Å². The van der Waals surface area contributed by atoms with Crippen LogP contribution in [-0.2, 0) is 42.5 Å². The van der Waals surface area contributed by atoms with E-state index < -0.39 is 10.8 Å². The molecule has 4 aliphatic heterocycles. The lowest BCUT2D eigenvalue weighted by Crippen LogP contribution is -2.74. The Morgan fingerprint density at radius 3 is 2.26 bits per heavy atom. The van der Waals surface area contributed by atoms with Crippen molar-refractivity contribution in [2.45, 2.75) is 140 Å². The fourth-order valence-electron chi connectivity index (χ4n) is 15.1. The minimum absolute atomic E-state index is 0.00546. The number of aryl methyl sites for hydroxylation is 1. The number of rotatable bonds is 14. The Morgan fingerprint density at radius 1 is 0.847 bits per heavy atom. The summed E-state index contributed by atoms with van der Waals surface area (Å²) in [6.07, 6.45) is 6.26. The molecule has 0 amide bonds. The Morgan fingerprint density at radius 2 is 1.57 bits per heavy atom. The van der Waals surface area contributed by atoms with Crippen molar-refractivity contribution in [2.24, 2.45) is 23.8 Å². The summed E-state index contributed by atoms with van der Waals surface area (Å²) >= 11 is 6.44.